The van der Waals surface area contributed by atoms with Gasteiger partial charge in [0.2, 0.25) is 5.91 Å². The second-order valence-electron chi connectivity index (χ2n) is 4.47. The number of imide groups is 1. The molecule has 0 aliphatic carbocycles. The van der Waals surface area contributed by atoms with Crippen LogP contribution in [0.3, 0.4) is 0 Å². The normalized spacial score (nSPS) is 18.0. The summed E-state index contributed by atoms with van der Waals surface area (Å²) in [4.78, 5) is 25.0. The smallest absolute Gasteiger partial charge is 0.416 e. The first-order valence-electron chi connectivity index (χ1n) is 6.36. The maximum atomic E-state index is 12.4. The molecule has 1 aliphatic rings. The van der Waals surface area contributed by atoms with Gasteiger partial charge < -0.3 is 9.84 Å². The summed E-state index contributed by atoms with van der Waals surface area (Å²) in [5.41, 5.74) is 0.710. The first kappa shape index (κ1) is 13.5. The average Bonchev–Trinajstić information content (AvgIpc) is 2.86. The zero-order chi connectivity index (χ0) is 13.8. The molecule has 1 aliphatic heterocycles. The van der Waals surface area contributed by atoms with Crippen LogP contribution in [0.2, 0.25) is 0 Å². The van der Waals surface area contributed by atoms with Crippen LogP contribution >= 0.6 is 0 Å². The number of rotatable bonds is 4. The molecule has 1 fully saturated rings. The molecule has 0 bridgehead atoms. The molecule has 1 aromatic rings. The molecule has 5 heteroatoms. The van der Waals surface area contributed by atoms with Crippen LogP contribution in [0.1, 0.15) is 24.8 Å². The van der Waals surface area contributed by atoms with E-state index < -0.39 is 24.0 Å². The fourth-order valence-corrected chi connectivity index (χ4v) is 2.19. The second kappa shape index (κ2) is 5.84. The number of hydrogen-bond donors (Lipinski definition) is 1. The van der Waals surface area contributed by atoms with Crippen molar-refractivity contribution < 1.29 is 19.4 Å². The molecule has 0 saturated carbocycles. The van der Waals surface area contributed by atoms with Gasteiger partial charge in [-0.1, -0.05) is 37.3 Å². The highest BCUT2D eigenvalue weighted by atomic mass is 16.6. The van der Waals surface area contributed by atoms with Crippen molar-refractivity contribution in [3.05, 3.63) is 35.9 Å². The van der Waals surface area contributed by atoms with Crippen LogP contribution in [0, 0.1) is 0 Å². The van der Waals surface area contributed by atoms with E-state index in [4.69, 9.17) is 4.74 Å². The van der Waals surface area contributed by atoms with E-state index in [-0.39, 0.29) is 13.2 Å². The van der Waals surface area contributed by atoms with Gasteiger partial charge in [-0.25, -0.2) is 9.69 Å². The van der Waals surface area contributed by atoms with Crippen molar-refractivity contribution in [2.45, 2.75) is 25.4 Å². The summed E-state index contributed by atoms with van der Waals surface area (Å²) < 4.78 is 4.77. The topological polar surface area (TPSA) is 66.8 Å². The van der Waals surface area contributed by atoms with Crippen molar-refractivity contribution in [1.29, 1.82) is 0 Å². The van der Waals surface area contributed by atoms with Crippen molar-refractivity contribution >= 4 is 12.0 Å². The molecule has 0 radical (unpaired) electrons. The maximum Gasteiger partial charge on any atom is 0.416 e. The van der Waals surface area contributed by atoms with E-state index in [1.807, 2.05) is 6.07 Å². The Bertz CT molecular complexity index is 460. The van der Waals surface area contributed by atoms with Crippen molar-refractivity contribution in [3.8, 4) is 0 Å². The standard InChI is InChI=1S/C14H17NO4/c1-2-11(16)12(10-6-4-3-5-7-10)13(17)15-8-9-19-14(15)18/h3-7,11-12,16H,2,8-9H2,1H3/t11-,12+/m0/s1. The highest BCUT2D eigenvalue weighted by molar-refractivity contribution is 5.97. The summed E-state index contributed by atoms with van der Waals surface area (Å²) in [6, 6.07) is 9.01. The predicted octanol–water partition coefficient (Wildman–Crippen LogP) is 1.52. The lowest BCUT2D eigenvalue weighted by atomic mass is 9.90. The molecule has 102 valence electrons. The van der Waals surface area contributed by atoms with Crippen molar-refractivity contribution in [2.75, 3.05) is 13.2 Å². The monoisotopic (exact) mass is 263 g/mol. The highest BCUT2D eigenvalue weighted by Crippen LogP contribution is 2.25. The van der Waals surface area contributed by atoms with Crippen LogP contribution in [0.4, 0.5) is 4.79 Å². The molecule has 2 atom stereocenters. The lowest BCUT2D eigenvalue weighted by Gasteiger charge is -2.24. The van der Waals surface area contributed by atoms with E-state index in [1.54, 1.807) is 31.2 Å². The Morgan fingerprint density at radius 1 is 1.42 bits per heavy atom. The van der Waals surface area contributed by atoms with Gasteiger partial charge in [0, 0.05) is 0 Å². The zero-order valence-corrected chi connectivity index (χ0v) is 10.8. The number of ether oxygens (including phenoxy) is 1. The van der Waals surface area contributed by atoms with Crippen molar-refractivity contribution in [3.63, 3.8) is 0 Å². The fourth-order valence-electron chi connectivity index (χ4n) is 2.19. The predicted molar refractivity (Wildman–Crippen MR) is 68.5 cm³/mol. The molecule has 0 spiro atoms. The summed E-state index contributed by atoms with van der Waals surface area (Å²) in [6.45, 7) is 2.27. The van der Waals surface area contributed by atoms with Gasteiger partial charge in [0.25, 0.3) is 0 Å². The van der Waals surface area contributed by atoms with Gasteiger partial charge in [0.15, 0.2) is 0 Å². The van der Waals surface area contributed by atoms with Crippen LogP contribution in [0.25, 0.3) is 0 Å². The summed E-state index contributed by atoms with van der Waals surface area (Å²) in [7, 11) is 0. The summed E-state index contributed by atoms with van der Waals surface area (Å²) >= 11 is 0. The van der Waals surface area contributed by atoms with Crippen molar-refractivity contribution in [2.24, 2.45) is 0 Å². The summed E-state index contributed by atoms with van der Waals surface area (Å²) in [5.74, 6) is -1.13. The summed E-state index contributed by atoms with van der Waals surface area (Å²) in [5, 5.41) is 10.1. The largest absolute Gasteiger partial charge is 0.447 e. The Hall–Kier alpha value is -1.88. The first-order chi connectivity index (χ1) is 9.15. The molecular weight excluding hydrogens is 246 g/mol. The minimum absolute atomic E-state index is 0.217. The molecule has 1 saturated heterocycles. The third kappa shape index (κ3) is 2.76. The Morgan fingerprint density at radius 3 is 2.63 bits per heavy atom. The van der Waals surface area contributed by atoms with Crippen LogP contribution in [-0.4, -0.2) is 41.3 Å². The van der Waals surface area contributed by atoms with Gasteiger partial charge in [-0.15, -0.1) is 0 Å². The molecular formula is C14H17NO4. The number of benzene rings is 1. The van der Waals surface area contributed by atoms with Gasteiger partial charge in [-0.2, -0.15) is 0 Å². The summed E-state index contributed by atoms with van der Waals surface area (Å²) in [6.07, 6.45) is -1.01. The number of cyclic esters (lactones) is 1. The van der Waals surface area contributed by atoms with Crippen LogP contribution < -0.4 is 0 Å². The quantitative estimate of drug-likeness (QED) is 0.894. The van der Waals surface area contributed by atoms with Gasteiger partial charge in [-0.3, -0.25) is 4.79 Å². The number of aliphatic hydroxyl groups is 1. The van der Waals surface area contributed by atoms with Crippen molar-refractivity contribution in [1.82, 2.24) is 4.90 Å². The van der Waals surface area contributed by atoms with E-state index in [9.17, 15) is 14.7 Å². The molecule has 5 nitrogen and oxygen atoms in total. The Kier molecular flexibility index (Phi) is 4.16. The molecule has 19 heavy (non-hydrogen) atoms. The van der Waals surface area contributed by atoms with Gasteiger partial charge in [0.05, 0.1) is 18.6 Å². The van der Waals surface area contributed by atoms with E-state index in [1.165, 1.54) is 0 Å². The number of aliphatic hydroxyl groups excluding tert-OH is 1. The van der Waals surface area contributed by atoms with Crippen LogP contribution in [-0.2, 0) is 9.53 Å². The van der Waals surface area contributed by atoms with E-state index in [0.29, 0.717) is 12.0 Å². The minimum Gasteiger partial charge on any atom is -0.447 e. The molecule has 1 N–H and O–H groups in total. The number of carbonyl (C=O) groups is 2. The zero-order valence-electron chi connectivity index (χ0n) is 10.8. The van der Waals surface area contributed by atoms with Gasteiger partial charge >= 0.3 is 6.09 Å². The lowest BCUT2D eigenvalue weighted by molar-refractivity contribution is -0.132. The second-order valence-corrected chi connectivity index (χ2v) is 4.47. The molecule has 1 heterocycles. The lowest BCUT2D eigenvalue weighted by Crippen LogP contribution is -2.40. The molecule has 0 aromatic heterocycles. The van der Waals surface area contributed by atoms with E-state index in [0.717, 1.165) is 4.90 Å². The van der Waals surface area contributed by atoms with Gasteiger partial charge in [0.1, 0.15) is 6.61 Å². The molecule has 2 rings (SSSR count). The third-order valence-corrected chi connectivity index (χ3v) is 3.25. The fraction of sp³-hybridized carbons (Fsp3) is 0.429. The van der Waals surface area contributed by atoms with E-state index >= 15 is 0 Å². The van der Waals surface area contributed by atoms with E-state index in [2.05, 4.69) is 0 Å². The number of carbonyl (C=O) groups excluding carboxylic acids is 2. The number of hydrogen-bond acceptors (Lipinski definition) is 4. The number of amides is 2. The van der Waals surface area contributed by atoms with Crippen LogP contribution in [0.15, 0.2) is 30.3 Å². The van der Waals surface area contributed by atoms with Crippen LogP contribution in [0.5, 0.6) is 0 Å². The van der Waals surface area contributed by atoms with Gasteiger partial charge in [-0.05, 0) is 12.0 Å². The SMILES string of the molecule is CC[C@H](O)[C@H](C(=O)N1CCOC1=O)c1ccccc1. The Morgan fingerprint density at radius 2 is 2.11 bits per heavy atom. The molecule has 0 unspecified atom stereocenters. The number of nitrogens with zero attached hydrogens (tertiary/aromatic N) is 1. The third-order valence-electron chi connectivity index (χ3n) is 3.25. The average molecular weight is 263 g/mol. The molecule has 1 aromatic carbocycles. The minimum atomic E-state index is -0.816. The Labute approximate surface area is 111 Å². The maximum absolute atomic E-state index is 12.4. The Balaban J connectivity index is 2.28. The first-order valence-corrected chi connectivity index (χ1v) is 6.36. The molecule has 2 amide bonds. The highest BCUT2D eigenvalue weighted by Gasteiger charge is 2.37.